The Kier molecular flexibility index (Phi) is 4.84. The molecular weight excluding hydrogens is 417 g/mol. The van der Waals surface area contributed by atoms with E-state index in [9.17, 15) is 26.4 Å². The Morgan fingerprint density at radius 1 is 1.03 bits per heavy atom. The second-order valence-corrected chi connectivity index (χ2v) is 10.1. The zero-order chi connectivity index (χ0) is 21.8. The first kappa shape index (κ1) is 20.7. The smallest absolute Gasteiger partial charge is 0.314 e. The molecule has 160 valence electrons. The fraction of sp³-hybridized carbons (Fsp3) is 0.381. The van der Waals surface area contributed by atoms with Crippen LogP contribution in [-0.4, -0.2) is 42.9 Å². The van der Waals surface area contributed by atoms with Crippen LogP contribution in [0.3, 0.4) is 0 Å². The van der Waals surface area contributed by atoms with Crippen LogP contribution >= 0.6 is 0 Å². The molecule has 0 aromatic heterocycles. The fourth-order valence-electron chi connectivity index (χ4n) is 4.27. The molecule has 2 aliphatic heterocycles. The third-order valence-electron chi connectivity index (χ3n) is 5.71. The highest BCUT2D eigenvalue weighted by atomic mass is 32.2. The van der Waals surface area contributed by atoms with E-state index in [1.165, 1.54) is 21.9 Å². The van der Waals surface area contributed by atoms with Crippen molar-refractivity contribution in [2.45, 2.75) is 38.7 Å². The molecule has 0 N–H and O–H groups in total. The topological polar surface area (TPSA) is 57.7 Å². The minimum atomic E-state index is -4.49. The van der Waals surface area contributed by atoms with Gasteiger partial charge in [-0.05, 0) is 48.7 Å². The molecule has 5 nitrogen and oxygen atoms in total. The number of amides is 2. The SMILES string of the molecule is Cc1ccc(C)c(N2C(=O)N(Cc3cccc(C(F)(F)F)c3)C3CS(=O)(=O)CC32)c1. The number of hydrogen-bond acceptors (Lipinski definition) is 3. The number of halogens is 3. The number of carbonyl (C=O) groups excluding carboxylic acids is 1. The summed E-state index contributed by atoms with van der Waals surface area (Å²) in [4.78, 5) is 16.2. The van der Waals surface area contributed by atoms with Gasteiger partial charge in [-0.15, -0.1) is 0 Å². The van der Waals surface area contributed by atoms with E-state index in [0.717, 1.165) is 23.3 Å². The van der Waals surface area contributed by atoms with Gasteiger partial charge in [-0.2, -0.15) is 13.2 Å². The van der Waals surface area contributed by atoms with Gasteiger partial charge in [0.15, 0.2) is 9.84 Å². The summed E-state index contributed by atoms with van der Waals surface area (Å²) in [6.45, 7) is 3.64. The molecule has 2 amide bonds. The van der Waals surface area contributed by atoms with Crippen LogP contribution in [0.15, 0.2) is 42.5 Å². The molecule has 2 aliphatic rings. The van der Waals surface area contributed by atoms with Crippen molar-refractivity contribution in [3.05, 3.63) is 64.7 Å². The number of nitrogens with zero attached hydrogens (tertiary/aromatic N) is 2. The first-order valence-electron chi connectivity index (χ1n) is 9.50. The van der Waals surface area contributed by atoms with Gasteiger partial charge in [-0.3, -0.25) is 4.90 Å². The number of rotatable bonds is 3. The van der Waals surface area contributed by atoms with E-state index < -0.39 is 33.7 Å². The molecule has 4 rings (SSSR count). The Morgan fingerprint density at radius 2 is 1.73 bits per heavy atom. The van der Waals surface area contributed by atoms with Crippen molar-refractivity contribution in [1.82, 2.24) is 4.90 Å². The van der Waals surface area contributed by atoms with Crippen molar-refractivity contribution >= 4 is 21.6 Å². The quantitative estimate of drug-likeness (QED) is 0.683. The van der Waals surface area contributed by atoms with Crippen molar-refractivity contribution in [3.63, 3.8) is 0 Å². The number of anilines is 1. The minimum absolute atomic E-state index is 0.0825. The Balaban J connectivity index is 1.72. The molecule has 2 aromatic carbocycles. The Hall–Kier alpha value is -2.55. The predicted octanol–water partition coefficient (Wildman–Crippen LogP) is 3.93. The number of alkyl halides is 3. The van der Waals surface area contributed by atoms with Crippen molar-refractivity contribution in [3.8, 4) is 0 Å². The van der Waals surface area contributed by atoms with E-state index in [0.29, 0.717) is 11.3 Å². The number of carbonyl (C=O) groups is 1. The monoisotopic (exact) mass is 438 g/mol. The molecule has 2 fully saturated rings. The van der Waals surface area contributed by atoms with Crippen LogP contribution in [0.25, 0.3) is 0 Å². The minimum Gasteiger partial charge on any atom is -0.314 e. The summed E-state index contributed by atoms with van der Waals surface area (Å²) >= 11 is 0. The Morgan fingerprint density at radius 3 is 2.43 bits per heavy atom. The normalized spacial score (nSPS) is 23.2. The summed E-state index contributed by atoms with van der Waals surface area (Å²) in [5, 5.41) is 0. The summed E-state index contributed by atoms with van der Waals surface area (Å²) < 4.78 is 63.9. The summed E-state index contributed by atoms with van der Waals surface area (Å²) in [7, 11) is -3.36. The summed E-state index contributed by atoms with van der Waals surface area (Å²) in [6.07, 6.45) is -4.49. The Labute approximate surface area is 173 Å². The van der Waals surface area contributed by atoms with Crippen molar-refractivity contribution in [1.29, 1.82) is 0 Å². The van der Waals surface area contributed by atoms with Crippen LogP contribution in [0.2, 0.25) is 0 Å². The van der Waals surface area contributed by atoms with Crippen molar-refractivity contribution < 1.29 is 26.4 Å². The molecule has 30 heavy (non-hydrogen) atoms. The maximum Gasteiger partial charge on any atom is 0.416 e. The molecule has 2 atom stereocenters. The van der Waals surface area contributed by atoms with E-state index >= 15 is 0 Å². The molecule has 0 radical (unpaired) electrons. The third-order valence-corrected chi connectivity index (χ3v) is 7.41. The van der Waals surface area contributed by atoms with E-state index in [1.54, 1.807) is 0 Å². The first-order chi connectivity index (χ1) is 14.0. The van der Waals surface area contributed by atoms with Crippen molar-refractivity contribution in [2.75, 3.05) is 16.4 Å². The summed E-state index contributed by atoms with van der Waals surface area (Å²) in [5.74, 6) is -0.348. The van der Waals surface area contributed by atoms with Crippen LogP contribution in [0.4, 0.5) is 23.7 Å². The molecule has 0 bridgehead atoms. The van der Waals surface area contributed by atoms with Gasteiger partial charge in [0, 0.05) is 12.2 Å². The fourth-order valence-corrected chi connectivity index (χ4v) is 6.22. The van der Waals surface area contributed by atoms with Gasteiger partial charge in [0.1, 0.15) is 0 Å². The maximum absolute atomic E-state index is 13.3. The number of sulfone groups is 1. The highest BCUT2D eigenvalue weighted by Crippen LogP contribution is 2.38. The molecule has 2 saturated heterocycles. The molecule has 2 aromatic rings. The highest BCUT2D eigenvalue weighted by Gasteiger charge is 2.54. The summed E-state index contributed by atoms with van der Waals surface area (Å²) in [5.41, 5.74) is 1.91. The first-order valence-corrected chi connectivity index (χ1v) is 11.3. The lowest BCUT2D eigenvalue weighted by molar-refractivity contribution is -0.137. The van der Waals surface area contributed by atoms with E-state index in [2.05, 4.69) is 0 Å². The zero-order valence-corrected chi connectivity index (χ0v) is 17.3. The van der Waals surface area contributed by atoms with Gasteiger partial charge in [0.2, 0.25) is 0 Å². The summed E-state index contributed by atoms with van der Waals surface area (Å²) in [6, 6.07) is 8.85. The van der Waals surface area contributed by atoms with Crippen LogP contribution in [0.1, 0.15) is 22.3 Å². The molecular formula is C21H21F3N2O3S. The predicted molar refractivity (Wildman–Crippen MR) is 107 cm³/mol. The second-order valence-electron chi connectivity index (χ2n) is 7.98. The number of fused-ring (bicyclic) bond motifs is 1. The van der Waals surface area contributed by atoms with Crippen LogP contribution in [0, 0.1) is 13.8 Å². The average molecular weight is 438 g/mol. The number of benzene rings is 2. The molecule has 9 heteroatoms. The zero-order valence-electron chi connectivity index (χ0n) is 16.5. The van der Waals surface area contributed by atoms with Crippen LogP contribution in [0.5, 0.6) is 0 Å². The lowest BCUT2D eigenvalue weighted by Gasteiger charge is -2.24. The number of hydrogen-bond donors (Lipinski definition) is 0. The van der Waals surface area contributed by atoms with E-state index in [1.807, 2.05) is 32.0 Å². The van der Waals surface area contributed by atoms with Gasteiger partial charge in [-0.1, -0.05) is 24.3 Å². The van der Waals surface area contributed by atoms with Gasteiger partial charge in [0.25, 0.3) is 0 Å². The van der Waals surface area contributed by atoms with Crippen molar-refractivity contribution in [2.24, 2.45) is 0 Å². The van der Waals surface area contributed by atoms with Crippen LogP contribution < -0.4 is 4.90 Å². The molecule has 2 heterocycles. The third kappa shape index (κ3) is 3.66. The van der Waals surface area contributed by atoms with E-state index in [-0.39, 0.29) is 24.1 Å². The Bertz CT molecular complexity index is 1110. The molecule has 0 spiro atoms. The van der Waals surface area contributed by atoms with Gasteiger partial charge >= 0.3 is 12.2 Å². The highest BCUT2D eigenvalue weighted by molar-refractivity contribution is 7.91. The second kappa shape index (κ2) is 7.01. The lowest BCUT2D eigenvalue weighted by atomic mass is 10.1. The molecule has 2 unspecified atom stereocenters. The molecule has 0 saturated carbocycles. The maximum atomic E-state index is 13.3. The average Bonchev–Trinajstić information content (AvgIpc) is 3.08. The lowest BCUT2D eigenvalue weighted by Crippen LogP contribution is -2.38. The van der Waals surface area contributed by atoms with Gasteiger partial charge < -0.3 is 4.90 Å². The largest absolute Gasteiger partial charge is 0.416 e. The van der Waals surface area contributed by atoms with E-state index in [4.69, 9.17) is 0 Å². The number of aryl methyl sites for hydroxylation is 2. The number of urea groups is 1. The van der Waals surface area contributed by atoms with Crippen LogP contribution in [-0.2, 0) is 22.6 Å². The molecule has 0 aliphatic carbocycles. The van der Waals surface area contributed by atoms with Gasteiger partial charge in [0.05, 0.1) is 29.2 Å². The standard InChI is InChI=1S/C21H21F3N2O3S/c1-13-6-7-14(2)17(8-13)26-19-12-30(28,29)11-18(19)25(20(26)27)10-15-4-3-5-16(9-15)21(22,23)24/h3-9,18-19H,10-12H2,1-2H3. The van der Waals surface area contributed by atoms with Gasteiger partial charge in [-0.25, -0.2) is 13.2 Å².